The molecule has 0 aliphatic carbocycles. The van der Waals surface area contributed by atoms with Gasteiger partial charge in [0.25, 0.3) is 0 Å². The molecule has 0 aliphatic heterocycles. The van der Waals surface area contributed by atoms with Crippen LogP contribution in [0.4, 0.5) is 0 Å². The summed E-state index contributed by atoms with van der Waals surface area (Å²) >= 11 is 0. The Morgan fingerprint density at radius 3 is 2.56 bits per heavy atom. The molecular formula is C7H10O2. The third-order valence-corrected chi connectivity index (χ3v) is 0.660. The predicted octanol–water partition coefficient (Wildman–Crippen LogP) is 1.64. The minimum Gasteiger partial charge on any atom is -0.432 e. The van der Waals surface area contributed by atoms with Crippen molar-refractivity contribution in [3.63, 3.8) is 0 Å². The van der Waals surface area contributed by atoms with E-state index in [9.17, 15) is 4.79 Å². The van der Waals surface area contributed by atoms with Crippen LogP contribution in [-0.4, -0.2) is 5.97 Å². The molecule has 0 bridgehead atoms. The van der Waals surface area contributed by atoms with Crippen LogP contribution >= 0.6 is 0 Å². The maximum atomic E-state index is 10.5. The lowest BCUT2D eigenvalue weighted by atomic mass is 10.4. The fraction of sp³-hybridized carbons (Fsp3) is 0.286. The molecule has 0 aromatic rings. The minimum atomic E-state index is -0.381. The van der Waals surface area contributed by atoms with Crippen molar-refractivity contribution in [3.05, 3.63) is 24.5 Å². The fourth-order valence-corrected chi connectivity index (χ4v) is 0.230. The predicted molar refractivity (Wildman–Crippen MR) is 35.7 cm³/mol. The van der Waals surface area contributed by atoms with Gasteiger partial charge in [0.15, 0.2) is 0 Å². The topological polar surface area (TPSA) is 26.3 Å². The van der Waals surface area contributed by atoms with E-state index in [1.807, 2.05) is 0 Å². The van der Waals surface area contributed by atoms with E-state index in [1.165, 1.54) is 6.26 Å². The molecule has 0 spiro atoms. The van der Waals surface area contributed by atoms with Crippen molar-refractivity contribution < 1.29 is 9.53 Å². The van der Waals surface area contributed by atoms with Gasteiger partial charge in [-0.05, 0) is 13.8 Å². The van der Waals surface area contributed by atoms with E-state index in [1.54, 1.807) is 19.9 Å². The van der Waals surface area contributed by atoms with Crippen molar-refractivity contribution in [1.29, 1.82) is 0 Å². The van der Waals surface area contributed by atoms with Crippen LogP contribution < -0.4 is 0 Å². The van der Waals surface area contributed by atoms with E-state index < -0.39 is 0 Å². The molecule has 50 valence electrons. The summed E-state index contributed by atoms with van der Waals surface area (Å²) in [6.45, 7) is 6.77. The lowest BCUT2D eigenvalue weighted by molar-refractivity contribution is -0.133. The fourth-order valence-electron chi connectivity index (χ4n) is 0.230. The summed E-state index contributed by atoms with van der Waals surface area (Å²) in [6, 6.07) is 0. The Hall–Kier alpha value is -1.05. The van der Waals surface area contributed by atoms with Gasteiger partial charge in [0.2, 0.25) is 0 Å². The summed E-state index contributed by atoms with van der Waals surface area (Å²) < 4.78 is 4.53. The second-order valence-corrected chi connectivity index (χ2v) is 1.66. The number of esters is 1. The molecule has 0 amide bonds. The first-order chi connectivity index (χ1) is 4.18. The number of ether oxygens (including phenoxy) is 1. The Bertz CT molecular complexity index is 145. The number of allylic oxidation sites excluding steroid dienone is 1. The van der Waals surface area contributed by atoms with Crippen LogP contribution in [-0.2, 0) is 9.53 Å². The van der Waals surface area contributed by atoms with Crippen LogP contribution in [0.2, 0.25) is 0 Å². The molecule has 0 heterocycles. The Labute approximate surface area is 54.8 Å². The number of carbonyl (C=O) groups excluding carboxylic acids is 1. The molecule has 0 aromatic heterocycles. The quantitative estimate of drug-likeness (QED) is 0.319. The van der Waals surface area contributed by atoms with Gasteiger partial charge in [-0.1, -0.05) is 12.7 Å². The van der Waals surface area contributed by atoms with Gasteiger partial charge in [0, 0.05) is 5.57 Å². The molecule has 0 N–H and O–H groups in total. The van der Waals surface area contributed by atoms with Crippen LogP contribution in [0.5, 0.6) is 0 Å². The average molecular weight is 126 g/mol. The summed E-state index contributed by atoms with van der Waals surface area (Å²) in [5, 5.41) is 0. The van der Waals surface area contributed by atoms with Crippen LogP contribution in [0.15, 0.2) is 24.5 Å². The molecule has 0 fully saturated rings. The molecule has 2 heteroatoms. The molecule has 0 aliphatic rings. The van der Waals surface area contributed by atoms with Gasteiger partial charge in [-0.15, -0.1) is 0 Å². The molecule has 0 radical (unpaired) electrons. The molecule has 0 aromatic carbocycles. The third-order valence-electron chi connectivity index (χ3n) is 0.660. The highest BCUT2D eigenvalue weighted by atomic mass is 16.5. The standard InChI is InChI=1S/C7H10O2/c1-4-5-9-7(8)6(2)3/h4-5H,2H2,1,3H3/b5-4-. The second-order valence-electron chi connectivity index (χ2n) is 1.66. The lowest BCUT2D eigenvalue weighted by Crippen LogP contribution is -1.98. The first-order valence-electron chi connectivity index (χ1n) is 2.66. The summed E-state index contributed by atoms with van der Waals surface area (Å²) in [6.07, 6.45) is 2.97. The first kappa shape index (κ1) is 7.95. The largest absolute Gasteiger partial charge is 0.432 e. The maximum Gasteiger partial charge on any atom is 0.337 e. The van der Waals surface area contributed by atoms with Crippen molar-refractivity contribution >= 4 is 5.97 Å². The van der Waals surface area contributed by atoms with E-state index in [-0.39, 0.29) is 5.97 Å². The van der Waals surface area contributed by atoms with Gasteiger partial charge in [-0.2, -0.15) is 0 Å². The van der Waals surface area contributed by atoms with Crippen molar-refractivity contribution in [3.8, 4) is 0 Å². The van der Waals surface area contributed by atoms with Gasteiger partial charge in [-0.3, -0.25) is 0 Å². The Morgan fingerprint density at radius 2 is 2.22 bits per heavy atom. The van der Waals surface area contributed by atoms with E-state index in [4.69, 9.17) is 0 Å². The number of hydrogen-bond acceptors (Lipinski definition) is 2. The molecule has 0 unspecified atom stereocenters. The zero-order chi connectivity index (χ0) is 7.28. The zero-order valence-electron chi connectivity index (χ0n) is 5.68. The highest BCUT2D eigenvalue weighted by Crippen LogP contribution is 1.91. The smallest absolute Gasteiger partial charge is 0.337 e. The van der Waals surface area contributed by atoms with E-state index in [0.29, 0.717) is 5.57 Å². The number of rotatable bonds is 2. The van der Waals surface area contributed by atoms with Crippen molar-refractivity contribution in [2.75, 3.05) is 0 Å². The van der Waals surface area contributed by atoms with Crippen molar-refractivity contribution in [2.24, 2.45) is 0 Å². The van der Waals surface area contributed by atoms with Crippen molar-refractivity contribution in [2.45, 2.75) is 13.8 Å². The van der Waals surface area contributed by atoms with Gasteiger partial charge < -0.3 is 4.74 Å². The number of carbonyl (C=O) groups is 1. The average Bonchev–Trinajstić information content (AvgIpc) is 1.82. The van der Waals surface area contributed by atoms with Crippen LogP contribution in [0.25, 0.3) is 0 Å². The SMILES string of the molecule is C=C(C)C(=O)O/C=C\C. The maximum absolute atomic E-state index is 10.5. The highest BCUT2D eigenvalue weighted by Gasteiger charge is 1.97. The van der Waals surface area contributed by atoms with Crippen molar-refractivity contribution in [1.82, 2.24) is 0 Å². The highest BCUT2D eigenvalue weighted by molar-refractivity contribution is 5.87. The molecule has 0 saturated carbocycles. The molecule has 0 atom stereocenters. The van der Waals surface area contributed by atoms with E-state index in [2.05, 4.69) is 11.3 Å². The van der Waals surface area contributed by atoms with Crippen LogP contribution in [0, 0.1) is 0 Å². The Kier molecular flexibility index (Phi) is 3.44. The van der Waals surface area contributed by atoms with E-state index >= 15 is 0 Å². The Morgan fingerprint density at radius 1 is 1.67 bits per heavy atom. The molecular weight excluding hydrogens is 116 g/mol. The first-order valence-corrected chi connectivity index (χ1v) is 2.66. The molecule has 9 heavy (non-hydrogen) atoms. The molecule has 0 rings (SSSR count). The van der Waals surface area contributed by atoms with Gasteiger partial charge in [0.05, 0.1) is 6.26 Å². The van der Waals surface area contributed by atoms with Gasteiger partial charge in [0.1, 0.15) is 0 Å². The summed E-state index contributed by atoms with van der Waals surface area (Å²) in [5.74, 6) is -0.381. The summed E-state index contributed by atoms with van der Waals surface area (Å²) in [5.41, 5.74) is 0.410. The number of hydrogen-bond donors (Lipinski definition) is 0. The molecule has 2 nitrogen and oxygen atoms in total. The minimum absolute atomic E-state index is 0.381. The van der Waals surface area contributed by atoms with Crippen LogP contribution in [0.3, 0.4) is 0 Å². The van der Waals surface area contributed by atoms with Crippen LogP contribution in [0.1, 0.15) is 13.8 Å². The van der Waals surface area contributed by atoms with E-state index in [0.717, 1.165) is 0 Å². The third kappa shape index (κ3) is 3.53. The van der Waals surface area contributed by atoms with Gasteiger partial charge >= 0.3 is 5.97 Å². The summed E-state index contributed by atoms with van der Waals surface area (Å²) in [7, 11) is 0. The Balaban J connectivity index is 3.65. The monoisotopic (exact) mass is 126 g/mol. The van der Waals surface area contributed by atoms with Gasteiger partial charge in [-0.25, -0.2) is 4.79 Å². The lowest BCUT2D eigenvalue weighted by Gasteiger charge is -1.93. The molecule has 0 saturated heterocycles. The second kappa shape index (κ2) is 3.89. The zero-order valence-corrected chi connectivity index (χ0v) is 5.68. The normalized spacial score (nSPS) is 9.56. The summed E-state index contributed by atoms with van der Waals surface area (Å²) in [4.78, 5) is 10.5.